The van der Waals surface area contributed by atoms with Crippen molar-refractivity contribution in [2.45, 2.75) is 5.41 Å². The summed E-state index contributed by atoms with van der Waals surface area (Å²) in [5, 5.41) is 5.14. The van der Waals surface area contributed by atoms with Gasteiger partial charge in [0.1, 0.15) is 0 Å². The van der Waals surface area contributed by atoms with Crippen LogP contribution in [0.1, 0.15) is 22.3 Å². The summed E-state index contributed by atoms with van der Waals surface area (Å²) in [5.41, 5.74) is 15.3. The maximum Gasteiger partial charge on any atom is 0.0714 e. The van der Waals surface area contributed by atoms with Crippen LogP contribution in [-0.2, 0) is 5.41 Å². The van der Waals surface area contributed by atoms with Crippen LogP contribution in [0.4, 0.5) is 17.1 Å². The molecule has 0 saturated carbocycles. The minimum atomic E-state index is -0.497. The first-order chi connectivity index (χ1) is 30.2. The van der Waals surface area contributed by atoms with Gasteiger partial charge in [-0.15, -0.1) is 11.3 Å². The van der Waals surface area contributed by atoms with E-state index in [0.717, 1.165) is 17.1 Å². The molecular formula is C59H39NS. The van der Waals surface area contributed by atoms with Crippen LogP contribution in [0, 0.1) is 0 Å². The molecule has 0 atom stereocenters. The summed E-state index contributed by atoms with van der Waals surface area (Å²) in [6.45, 7) is 0. The van der Waals surface area contributed by atoms with Crippen molar-refractivity contribution >= 4 is 59.3 Å². The van der Waals surface area contributed by atoms with Crippen LogP contribution in [-0.4, -0.2) is 0 Å². The number of anilines is 3. The van der Waals surface area contributed by atoms with Crippen molar-refractivity contribution in [2.75, 3.05) is 4.90 Å². The SMILES string of the molecule is c1ccc(C2(c3ccccc3)c3ccccc3-c3ccc(N(c4ccc(-c5ccc6sc7ccccc7c6c5)cc4)c4ccc(-c5cccc6ccccc56)cc4)cc32)cc1. The van der Waals surface area contributed by atoms with Crippen LogP contribution in [0.2, 0.25) is 0 Å². The van der Waals surface area contributed by atoms with Crippen molar-refractivity contribution in [1.82, 2.24) is 0 Å². The predicted molar refractivity (Wildman–Crippen MR) is 260 cm³/mol. The van der Waals surface area contributed by atoms with Gasteiger partial charge in [0.15, 0.2) is 0 Å². The molecule has 1 heterocycles. The Labute approximate surface area is 360 Å². The summed E-state index contributed by atoms with van der Waals surface area (Å²) in [7, 11) is 0. The van der Waals surface area contributed by atoms with Gasteiger partial charge in [-0.1, -0.05) is 182 Å². The van der Waals surface area contributed by atoms with Gasteiger partial charge in [-0.25, -0.2) is 0 Å². The van der Waals surface area contributed by atoms with E-state index >= 15 is 0 Å². The van der Waals surface area contributed by atoms with Gasteiger partial charge < -0.3 is 4.90 Å². The zero-order chi connectivity index (χ0) is 40.3. The second kappa shape index (κ2) is 14.3. The molecule has 0 radical (unpaired) electrons. The Balaban J connectivity index is 1.03. The molecule has 2 heteroatoms. The Bertz CT molecular complexity index is 3360. The minimum Gasteiger partial charge on any atom is -0.310 e. The molecule has 0 fully saturated rings. The average Bonchev–Trinajstić information content (AvgIpc) is 3.86. The fraction of sp³-hybridized carbons (Fsp3) is 0.0169. The highest BCUT2D eigenvalue weighted by molar-refractivity contribution is 7.25. The molecule has 11 aromatic rings. The van der Waals surface area contributed by atoms with E-state index in [0.29, 0.717) is 0 Å². The molecule has 1 aromatic heterocycles. The Morgan fingerprint density at radius 1 is 0.311 bits per heavy atom. The zero-order valence-corrected chi connectivity index (χ0v) is 34.2. The summed E-state index contributed by atoms with van der Waals surface area (Å²) in [6.07, 6.45) is 0. The summed E-state index contributed by atoms with van der Waals surface area (Å²) in [4.78, 5) is 2.43. The van der Waals surface area contributed by atoms with E-state index in [4.69, 9.17) is 0 Å². The molecule has 0 bridgehead atoms. The van der Waals surface area contributed by atoms with Crippen molar-refractivity contribution in [2.24, 2.45) is 0 Å². The Kier molecular flexibility index (Phi) is 8.33. The fourth-order valence-electron chi connectivity index (χ4n) is 9.99. The first-order valence-electron chi connectivity index (χ1n) is 21.0. The number of benzene rings is 10. The molecule has 286 valence electrons. The van der Waals surface area contributed by atoms with Gasteiger partial charge in [0, 0.05) is 37.2 Å². The predicted octanol–water partition coefficient (Wildman–Crippen LogP) is 16.4. The van der Waals surface area contributed by atoms with Gasteiger partial charge in [-0.2, -0.15) is 0 Å². The lowest BCUT2D eigenvalue weighted by atomic mass is 9.67. The van der Waals surface area contributed by atoms with Gasteiger partial charge >= 0.3 is 0 Å². The van der Waals surface area contributed by atoms with E-state index in [1.54, 1.807) is 0 Å². The van der Waals surface area contributed by atoms with Gasteiger partial charge in [-0.05, 0) is 121 Å². The van der Waals surface area contributed by atoms with Gasteiger partial charge in [0.2, 0.25) is 0 Å². The first kappa shape index (κ1) is 35.4. The molecule has 1 nitrogen and oxygen atoms in total. The van der Waals surface area contributed by atoms with E-state index < -0.39 is 5.41 Å². The van der Waals surface area contributed by atoms with Crippen LogP contribution < -0.4 is 4.90 Å². The molecule has 0 spiro atoms. The summed E-state index contributed by atoms with van der Waals surface area (Å²) >= 11 is 1.86. The highest BCUT2D eigenvalue weighted by atomic mass is 32.1. The molecule has 10 aromatic carbocycles. The molecule has 12 rings (SSSR count). The van der Waals surface area contributed by atoms with Crippen molar-refractivity contribution in [3.63, 3.8) is 0 Å². The number of hydrogen-bond acceptors (Lipinski definition) is 2. The van der Waals surface area contributed by atoms with E-state index in [9.17, 15) is 0 Å². The molecule has 0 unspecified atom stereocenters. The molecule has 0 amide bonds. The topological polar surface area (TPSA) is 3.24 Å². The summed E-state index contributed by atoms with van der Waals surface area (Å²) < 4.78 is 2.65. The van der Waals surface area contributed by atoms with Crippen LogP contribution in [0.3, 0.4) is 0 Å². The quantitative estimate of drug-likeness (QED) is 0.155. The number of hydrogen-bond donors (Lipinski definition) is 0. The Hall–Kier alpha value is -7.52. The molecule has 1 aliphatic carbocycles. The maximum absolute atomic E-state index is 2.46. The average molecular weight is 794 g/mol. The van der Waals surface area contributed by atoms with Gasteiger partial charge in [-0.3, -0.25) is 0 Å². The van der Waals surface area contributed by atoms with Crippen molar-refractivity contribution in [3.05, 3.63) is 259 Å². The van der Waals surface area contributed by atoms with Crippen LogP contribution in [0.25, 0.3) is 64.3 Å². The largest absolute Gasteiger partial charge is 0.310 e. The third kappa shape index (κ3) is 5.68. The van der Waals surface area contributed by atoms with Crippen molar-refractivity contribution in [3.8, 4) is 33.4 Å². The molecule has 1 aliphatic rings. The van der Waals surface area contributed by atoms with E-state index in [1.165, 1.54) is 86.6 Å². The molecule has 0 N–H and O–H groups in total. The standard InChI is InChI=1S/C59H39NS/c1-3-16-44(17-4-1)59(45-18-5-2-6-19-45)55-24-11-9-21-51(55)52-36-35-48(39-56(52)59)60(47-33-28-42(29-34-47)50-23-13-15-41-14-7-8-20-49(41)50)46-31-26-40(27-32-46)43-30-37-58-54(38-43)53-22-10-12-25-57(53)61-58/h1-39H. The van der Waals surface area contributed by atoms with Crippen LogP contribution >= 0.6 is 11.3 Å². The fourth-order valence-corrected chi connectivity index (χ4v) is 11.1. The van der Waals surface area contributed by atoms with Crippen molar-refractivity contribution in [1.29, 1.82) is 0 Å². The maximum atomic E-state index is 2.46. The molecule has 61 heavy (non-hydrogen) atoms. The third-order valence-electron chi connectivity index (χ3n) is 12.8. The van der Waals surface area contributed by atoms with E-state index in [1.807, 2.05) is 11.3 Å². The number of fused-ring (bicyclic) bond motifs is 7. The second-order valence-electron chi connectivity index (χ2n) is 16.0. The molecule has 0 saturated heterocycles. The number of thiophene rings is 1. The Morgan fingerprint density at radius 3 is 1.61 bits per heavy atom. The lowest BCUT2D eigenvalue weighted by Crippen LogP contribution is -2.28. The number of nitrogens with zero attached hydrogens (tertiary/aromatic N) is 1. The molecule has 0 aliphatic heterocycles. The lowest BCUT2D eigenvalue weighted by molar-refractivity contribution is 0.768. The summed E-state index contributed by atoms with van der Waals surface area (Å²) in [5.74, 6) is 0. The van der Waals surface area contributed by atoms with Crippen LogP contribution in [0.15, 0.2) is 237 Å². The Morgan fingerprint density at radius 2 is 0.852 bits per heavy atom. The minimum absolute atomic E-state index is 0.497. The third-order valence-corrected chi connectivity index (χ3v) is 13.9. The second-order valence-corrected chi connectivity index (χ2v) is 17.1. The number of rotatable bonds is 7. The van der Waals surface area contributed by atoms with Gasteiger partial charge in [0.05, 0.1) is 5.41 Å². The first-order valence-corrected chi connectivity index (χ1v) is 21.8. The van der Waals surface area contributed by atoms with Gasteiger partial charge in [0.25, 0.3) is 0 Å². The normalized spacial score (nSPS) is 12.7. The van der Waals surface area contributed by atoms with Crippen LogP contribution in [0.5, 0.6) is 0 Å². The van der Waals surface area contributed by atoms with E-state index in [2.05, 4.69) is 241 Å². The molecular weight excluding hydrogens is 755 g/mol. The monoisotopic (exact) mass is 793 g/mol. The highest BCUT2D eigenvalue weighted by Crippen LogP contribution is 2.57. The lowest BCUT2D eigenvalue weighted by Gasteiger charge is -2.35. The smallest absolute Gasteiger partial charge is 0.0714 e. The van der Waals surface area contributed by atoms with Crippen molar-refractivity contribution < 1.29 is 0 Å². The summed E-state index contributed by atoms with van der Waals surface area (Å²) in [6, 6.07) is 87.3. The highest BCUT2D eigenvalue weighted by Gasteiger charge is 2.46. The zero-order valence-electron chi connectivity index (χ0n) is 33.4. The van der Waals surface area contributed by atoms with E-state index in [-0.39, 0.29) is 0 Å².